The van der Waals surface area contributed by atoms with E-state index < -0.39 is 43.3 Å². The molecule has 0 rings (SSSR count). The molecule has 13 heteroatoms. The van der Waals surface area contributed by atoms with Gasteiger partial charge in [-0.05, 0) is 0 Å². The summed E-state index contributed by atoms with van der Waals surface area (Å²) in [6.07, 6.45) is -1.06. The Balaban J connectivity index is -0.000000256. The molecule has 4 N–H and O–H groups in total. The molecule has 0 bridgehead atoms. The minimum absolute atomic E-state index is 0. The second-order valence-corrected chi connectivity index (χ2v) is 6.23. The molecule has 0 unspecified atom stereocenters. The molecule has 2 radical (unpaired) electrons. The van der Waals surface area contributed by atoms with Gasteiger partial charge in [0, 0.05) is 12.8 Å². The van der Waals surface area contributed by atoms with E-state index in [2.05, 4.69) is 0 Å². The van der Waals surface area contributed by atoms with Crippen molar-refractivity contribution in [3.63, 3.8) is 0 Å². The van der Waals surface area contributed by atoms with E-state index in [1.807, 2.05) is 0 Å². The maximum Gasteiger partial charge on any atom is 2.00 e. The van der Waals surface area contributed by atoms with E-state index in [9.17, 15) is 25.9 Å². The van der Waals surface area contributed by atoms with Gasteiger partial charge < -0.3 is 29.5 Å². The predicted molar refractivity (Wildman–Crippen MR) is 60.1 cm³/mol. The maximum absolute atomic E-state index is 9.83. The normalized spacial score (nSPS) is 13.1. The Hall–Kier alpha value is 0.582. The molecule has 0 aliphatic carbocycles. The third kappa shape index (κ3) is 8.46. The van der Waals surface area contributed by atoms with E-state index >= 15 is 0 Å². The van der Waals surface area contributed by atoms with Crippen molar-refractivity contribution in [1.29, 1.82) is 0 Å². The monoisotopic (exact) mass is 518 g/mol. The number of rotatable bonds is 4. The second-order valence-electron chi connectivity index (χ2n) is 3.10. The van der Waals surface area contributed by atoms with Crippen molar-refractivity contribution in [1.82, 2.24) is 0 Å². The summed E-state index contributed by atoms with van der Waals surface area (Å²) >= 11 is 0. The fourth-order valence-corrected chi connectivity index (χ4v) is 1.06. The molecule has 0 aliphatic rings. The SMILES string of the molecule is CCC(O)(O)S(=O)(=O)[O-].CCC(O)(O)S(=O)(=O)[O-].[Pb+2]. The Labute approximate surface area is 130 Å². The third-order valence-electron chi connectivity index (χ3n) is 1.72. The average molecular weight is 518 g/mol. The molecule has 0 atom stereocenters. The summed E-state index contributed by atoms with van der Waals surface area (Å²) in [5.41, 5.74) is 0. The van der Waals surface area contributed by atoms with Crippen LogP contribution in [-0.2, 0) is 20.2 Å². The van der Waals surface area contributed by atoms with Gasteiger partial charge in [0.2, 0.25) is 0 Å². The number of hydrogen-bond acceptors (Lipinski definition) is 10. The van der Waals surface area contributed by atoms with Crippen LogP contribution in [0.5, 0.6) is 0 Å². The van der Waals surface area contributed by atoms with Gasteiger partial charge in [-0.2, -0.15) is 0 Å². The third-order valence-corrected chi connectivity index (χ3v) is 3.90. The maximum atomic E-state index is 9.83. The molecule has 0 aromatic rings. The van der Waals surface area contributed by atoms with Gasteiger partial charge in [0.05, 0.1) is 0 Å². The van der Waals surface area contributed by atoms with Crippen LogP contribution in [-0.4, -0.2) is 83.9 Å². The summed E-state index contributed by atoms with van der Waals surface area (Å²) in [6, 6.07) is 0. The van der Waals surface area contributed by atoms with E-state index in [1.54, 1.807) is 0 Å². The van der Waals surface area contributed by atoms with Crippen LogP contribution < -0.4 is 0 Å². The number of hydrogen-bond donors (Lipinski definition) is 4. The first-order chi connectivity index (χ1) is 7.62. The first kappa shape index (κ1) is 24.6. The molecule has 0 spiro atoms. The summed E-state index contributed by atoms with van der Waals surface area (Å²) in [5, 5.41) is 27.1. The van der Waals surface area contributed by atoms with Gasteiger partial charge in [0.15, 0.2) is 20.2 Å². The van der Waals surface area contributed by atoms with Crippen molar-refractivity contribution in [3.05, 3.63) is 0 Å². The standard InChI is InChI=1S/2C3H8O5S.Pb/c2*1-2-3(4,5)9(6,7)8;/h2*4-5H,2H2,1H3,(H,6,7,8);/q;;+2/p-2. The topological polar surface area (TPSA) is 195 Å². The minimum atomic E-state index is -4.99. The predicted octanol–water partition coefficient (Wildman–Crippen LogP) is -3.22. The van der Waals surface area contributed by atoms with Crippen LogP contribution in [0.3, 0.4) is 0 Å². The van der Waals surface area contributed by atoms with Crippen molar-refractivity contribution < 1.29 is 46.4 Å². The van der Waals surface area contributed by atoms with Gasteiger partial charge in [0.25, 0.3) is 10.2 Å². The fraction of sp³-hybridized carbons (Fsp3) is 1.00. The molecule has 19 heavy (non-hydrogen) atoms. The summed E-state index contributed by atoms with van der Waals surface area (Å²) < 4.78 is 59.0. The van der Waals surface area contributed by atoms with Gasteiger partial charge in [-0.3, -0.25) is 0 Å². The quantitative estimate of drug-likeness (QED) is 0.167. The summed E-state index contributed by atoms with van der Waals surface area (Å²) in [7, 11) is -9.98. The van der Waals surface area contributed by atoms with Crippen molar-refractivity contribution in [2.24, 2.45) is 0 Å². The van der Waals surface area contributed by atoms with Crippen molar-refractivity contribution in [2.75, 3.05) is 0 Å². The van der Waals surface area contributed by atoms with Gasteiger partial charge >= 0.3 is 27.3 Å². The molecule has 0 aromatic heterocycles. The van der Waals surface area contributed by atoms with Crippen LogP contribution in [0.2, 0.25) is 0 Å². The first-order valence-electron chi connectivity index (χ1n) is 4.42. The smallest absolute Gasteiger partial charge is 0.744 e. The van der Waals surface area contributed by atoms with Crippen LogP contribution >= 0.6 is 0 Å². The molecule has 0 fully saturated rings. The van der Waals surface area contributed by atoms with E-state index in [1.165, 1.54) is 13.8 Å². The van der Waals surface area contributed by atoms with Crippen LogP contribution in [0.1, 0.15) is 26.7 Å². The van der Waals surface area contributed by atoms with Crippen LogP contribution in [0.15, 0.2) is 0 Å². The van der Waals surface area contributed by atoms with Crippen molar-refractivity contribution in [2.45, 2.75) is 36.9 Å². The Kier molecular flexibility index (Phi) is 10.5. The molecule has 10 nitrogen and oxygen atoms in total. The van der Waals surface area contributed by atoms with Crippen molar-refractivity contribution in [3.8, 4) is 0 Å². The van der Waals surface area contributed by atoms with Crippen LogP contribution in [0.4, 0.5) is 0 Å². The van der Waals surface area contributed by atoms with Gasteiger partial charge in [-0.1, -0.05) is 13.8 Å². The summed E-state index contributed by atoms with van der Waals surface area (Å²) in [6.45, 7) is 2.35. The first-order valence-corrected chi connectivity index (χ1v) is 7.24. The molecule has 0 aromatic carbocycles. The molecule has 0 saturated heterocycles. The van der Waals surface area contributed by atoms with E-state index in [0.29, 0.717) is 0 Å². The van der Waals surface area contributed by atoms with Crippen LogP contribution in [0, 0.1) is 0 Å². The zero-order valence-corrected chi connectivity index (χ0v) is 15.5. The average Bonchev–Trinajstić information content (AvgIpc) is 2.15. The minimum Gasteiger partial charge on any atom is -0.744 e. The fourth-order valence-electron chi connectivity index (χ4n) is 0.354. The molecule has 114 valence electrons. The van der Waals surface area contributed by atoms with Gasteiger partial charge in [-0.25, -0.2) is 16.8 Å². The van der Waals surface area contributed by atoms with Gasteiger partial charge in [-0.15, -0.1) is 0 Å². The van der Waals surface area contributed by atoms with E-state index in [4.69, 9.17) is 20.4 Å². The zero-order chi connectivity index (χ0) is 15.4. The summed E-state index contributed by atoms with van der Waals surface area (Å²) in [4.78, 5) is 0. The second kappa shape index (κ2) is 8.13. The molecule has 0 heterocycles. The van der Waals surface area contributed by atoms with E-state index in [-0.39, 0.29) is 27.3 Å². The van der Waals surface area contributed by atoms with Crippen LogP contribution in [0.25, 0.3) is 0 Å². The summed E-state index contributed by atoms with van der Waals surface area (Å²) in [5.74, 6) is 0. The largest absolute Gasteiger partial charge is 2.00 e. The van der Waals surface area contributed by atoms with Gasteiger partial charge in [0.1, 0.15) is 0 Å². The molecular weight excluding hydrogens is 503 g/mol. The molecule has 0 amide bonds. The van der Waals surface area contributed by atoms with Crippen molar-refractivity contribution >= 4 is 47.5 Å². The molecule has 0 saturated carbocycles. The van der Waals surface area contributed by atoms with E-state index in [0.717, 1.165) is 0 Å². The molecular formula is C6H14O10PbS2. The number of aliphatic hydroxyl groups is 4. The Morgan fingerprint density at radius 3 is 0.947 bits per heavy atom. The molecule has 0 aliphatic heterocycles. The zero-order valence-electron chi connectivity index (χ0n) is 9.97. The Morgan fingerprint density at radius 2 is 0.947 bits per heavy atom. The Morgan fingerprint density at radius 1 is 0.789 bits per heavy atom. The Bertz CT molecular complexity index is 406.